The van der Waals surface area contributed by atoms with Crippen molar-refractivity contribution in [2.75, 3.05) is 9.80 Å². The number of aromatic nitrogens is 2. The fourth-order valence-corrected chi connectivity index (χ4v) is 4.56. The van der Waals surface area contributed by atoms with Gasteiger partial charge in [0, 0.05) is 29.9 Å². The highest BCUT2D eigenvalue weighted by Gasteiger charge is 2.38. The Hall–Kier alpha value is -4.00. The van der Waals surface area contributed by atoms with Crippen LogP contribution in [0.3, 0.4) is 0 Å². The fourth-order valence-electron chi connectivity index (χ4n) is 4.56. The van der Waals surface area contributed by atoms with Gasteiger partial charge >= 0.3 is 0 Å². The predicted molar refractivity (Wildman–Crippen MR) is 121 cm³/mol. The third-order valence-electron chi connectivity index (χ3n) is 5.97. The van der Waals surface area contributed by atoms with E-state index < -0.39 is 0 Å². The molecule has 5 rings (SSSR count). The molecule has 2 atom stereocenters. The number of amides is 2. The molecule has 0 spiro atoms. The van der Waals surface area contributed by atoms with Crippen molar-refractivity contribution in [3.05, 3.63) is 83.9 Å². The Balaban J connectivity index is 1.57. The van der Waals surface area contributed by atoms with Crippen LogP contribution >= 0.6 is 0 Å². The van der Waals surface area contributed by atoms with Crippen LogP contribution in [0.1, 0.15) is 42.2 Å². The molecular weight excluding hydrogens is 404 g/mol. The molecule has 0 unspecified atom stereocenters. The Kier molecular flexibility index (Phi) is 4.93. The van der Waals surface area contributed by atoms with Crippen molar-refractivity contribution in [2.24, 2.45) is 0 Å². The summed E-state index contributed by atoms with van der Waals surface area (Å²) in [4.78, 5) is 29.9. The minimum absolute atomic E-state index is 0.0352. The van der Waals surface area contributed by atoms with E-state index in [9.17, 15) is 9.59 Å². The lowest BCUT2D eigenvalue weighted by molar-refractivity contribution is -0.117. The van der Waals surface area contributed by atoms with E-state index in [1.54, 1.807) is 25.1 Å². The summed E-state index contributed by atoms with van der Waals surface area (Å²) in [7, 11) is 0. The standard InChI is InChI=1S/C25H22N4O3/c1-16-14-24(29(17(2)30)19-8-4-3-5-9-19)20-10-6-7-11-23(20)28(16)25(31)18-12-13-21-22(15-18)27-32-26-21/h3-13,15-16,24H,14H2,1-2H3/t16-,24+/m1/s1. The van der Waals surface area contributed by atoms with Crippen LogP contribution in [0, 0.1) is 0 Å². The third kappa shape index (κ3) is 3.32. The summed E-state index contributed by atoms with van der Waals surface area (Å²) in [5.74, 6) is -0.158. The normalized spacial score (nSPS) is 17.8. The van der Waals surface area contributed by atoms with Crippen LogP contribution in [0.5, 0.6) is 0 Å². The highest BCUT2D eigenvalue weighted by Crippen LogP contribution is 2.42. The number of hydrogen-bond donors (Lipinski definition) is 0. The first-order chi connectivity index (χ1) is 15.5. The van der Waals surface area contributed by atoms with Crippen LogP contribution in [0.2, 0.25) is 0 Å². The van der Waals surface area contributed by atoms with Crippen molar-refractivity contribution in [1.29, 1.82) is 0 Å². The summed E-state index contributed by atoms with van der Waals surface area (Å²) in [5, 5.41) is 7.67. The lowest BCUT2D eigenvalue weighted by Gasteiger charge is -2.43. The molecule has 1 aromatic heterocycles. The van der Waals surface area contributed by atoms with Crippen molar-refractivity contribution in [1.82, 2.24) is 10.3 Å². The molecule has 4 aromatic rings. The van der Waals surface area contributed by atoms with E-state index in [1.807, 2.05) is 71.3 Å². The summed E-state index contributed by atoms with van der Waals surface area (Å²) in [5.41, 5.74) is 4.26. The molecule has 1 aliphatic rings. The van der Waals surface area contributed by atoms with Crippen LogP contribution in [-0.4, -0.2) is 28.2 Å². The van der Waals surface area contributed by atoms with Crippen molar-refractivity contribution in [3.63, 3.8) is 0 Å². The van der Waals surface area contributed by atoms with Gasteiger partial charge in [-0.3, -0.25) is 9.59 Å². The Bertz CT molecular complexity index is 1300. The molecule has 32 heavy (non-hydrogen) atoms. The second-order valence-electron chi connectivity index (χ2n) is 8.03. The zero-order chi connectivity index (χ0) is 22.2. The molecule has 0 aliphatic carbocycles. The van der Waals surface area contributed by atoms with Gasteiger partial charge in [-0.15, -0.1) is 0 Å². The number of benzene rings is 3. The number of carbonyl (C=O) groups is 2. The van der Waals surface area contributed by atoms with Crippen molar-refractivity contribution >= 4 is 34.2 Å². The molecule has 7 heteroatoms. The number of hydrogen-bond acceptors (Lipinski definition) is 5. The molecule has 1 aliphatic heterocycles. The van der Waals surface area contributed by atoms with Crippen molar-refractivity contribution < 1.29 is 14.2 Å². The summed E-state index contributed by atoms with van der Waals surface area (Å²) in [6.07, 6.45) is 0.616. The van der Waals surface area contributed by atoms with Gasteiger partial charge in [-0.25, -0.2) is 4.63 Å². The van der Waals surface area contributed by atoms with Crippen LogP contribution in [0.4, 0.5) is 11.4 Å². The zero-order valence-corrected chi connectivity index (χ0v) is 17.8. The van der Waals surface area contributed by atoms with Crippen LogP contribution in [0.15, 0.2) is 77.4 Å². The number of anilines is 2. The van der Waals surface area contributed by atoms with Crippen LogP contribution < -0.4 is 9.80 Å². The molecule has 0 N–H and O–H groups in total. The summed E-state index contributed by atoms with van der Waals surface area (Å²) in [6, 6.07) is 22.3. The Morgan fingerprint density at radius 3 is 2.47 bits per heavy atom. The van der Waals surface area contributed by atoms with Crippen molar-refractivity contribution in [3.8, 4) is 0 Å². The molecule has 3 aromatic carbocycles. The topological polar surface area (TPSA) is 79.5 Å². The molecule has 2 amide bonds. The second kappa shape index (κ2) is 7.92. The Morgan fingerprint density at radius 1 is 0.969 bits per heavy atom. The van der Waals surface area contributed by atoms with E-state index in [2.05, 4.69) is 10.3 Å². The van der Waals surface area contributed by atoms with Gasteiger partial charge in [-0.2, -0.15) is 0 Å². The lowest BCUT2D eigenvalue weighted by atomic mass is 9.89. The molecule has 0 bridgehead atoms. The largest absolute Gasteiger partial charge is 0.305 e. The highest BCUT2D eigenvalue weighted by atomic mass is 16.6. The summed E-state index contributed by atoms with van der Waals surface area (Å²) >= 11 is 0. The number of para-hydroxylation sites is 2. The molecule has 0 fully saturated rings. The number of nitrogens with zero attached hydrogens (tertiary/aromatic N) is 4. The van der Waals surface area contributed by atoms with Gasteiger partial charge in [0.1, 0.15) is 11.0 Å². The maximum Gasteiger partial charge on any atom is 0.258 e. The first-order valence-electron chi connectivity index (χ1n) is 10.5. The Morgan fingerprint density at radius 2 is 1.69 bits per heavy atom. The molecule has 2 heterocycles. The van der Waals surface area contributed by atoms with Gasteiger partial charge in [-0.1, -0.05) is 36.4 Å². The summed E-state index contributed by atoms with van der Waals surface area (Å²) in [6.45, 7) is 3.60. The lowest BCUT2D eigenvalue weighted by Crippen LogP contribution is -2.47. The average Bonchev–Trinajstić information content (AvgIpc) is 3.27. The Labute approximate surface area is 185 Å². The van der Waals surface area contributed by atoms with E-state index in [-0.39, 0.29) is 23.9 Å². The fraction of sp³-hybridized carbons (Fsp3) is 0.200. The SMILES string of the molecule is CC(=O)N(c1ccccc1)[C@H]1C[C@@H](C)N(C(=O)c2ccc3nonc3c2)c2ccccc21. The zero-order valence-electron chi connectivity index (χ0n) is 17.8. The molecule has 160 valence electrons. The van der Waals surface area contributed by atoms with E-state index in [1.165, 1.54) is 0 Å². The quantitative estimate of drug-likeness (QED) is 0.472. The van der Waals surface area contributed by atoms with Gasteiger partial charge in [0.2, 0.25) is 5.91 Å². The van der Waals surface area contributed by atoms with Crippen molar-refractivity contribution in [2.45, 2.75) is 32.4 Å². The monoisotopic (exact) mass is 426 g/mol. The molecular formula is C25H22N4O3. The molecule has 0 radical (unpaired) electrons. The number of rotatable bonds is 3. The first-order valence-corrected chi connectivity index (χ1v) is 10.5. The summed E-state index contributed by atoms with van der Waals surface area (Å²) < 4.78 is 4.77. The van der Waals surface area contributed by atoms with Crippen LogP contribution in [0.25, 0.3) is 11.0 Å². The maximum atomic E-state index is 13.6. The molecule has 0 saturated carbocycles. The van der Waals surface area contributed by atoms with E-state index in [0.29, 0.717) is 23.0 Å². The highest BCUT2D eigenvalue weighted by molar-refractivity contribution is 6.09. The van der Waals surface area contributed by atoms with Gasteiger partial charge in [0.05, 0.1) is 6.04 Å². The van der Waals surface area contributed by atoms with E-state index >= 15 is 0 Å². The number of fused-ring (bicyclic) bond motifs is 2. The van der Waals surface area contributed by atoms with Crippen LogP contribution in [-0.2, 0) is 4.79 Å². The molecule has 0 saturated heterocycles. The van der Waals surface area contributed by atoms with Gasteiger partial charge in [0.15, 0.2) is 0 Å². The number of carbonyl (C=O) groups excluding carboxylic acids is 2. The third-order valence-corrected chi connectivity index (χ3v) is 5.97. The van der Waals surface area contributed by atoms with E-state index in [4.69, 9.17) is 4.63 Å². The first kappa shape index (κ1) is 19.9. The smallest absolute Gasteiger partial charge is 0.258 e. The van der Waals surface area contributed by atoms with E-state index in [0.717, 1.165) is 16.9 Å². The second-order valence-corrected chi connectivity index (χ2v) is 8.03. The minimum Gasteiger partial charge on any atom is -0.305 e. The average molecular weight is 426 g/mol. The van der Waals surface area contributed by atoms with Gasteiger partial charge < -0.3 is 9.80 Å². The maximum absolute atomic E-state index is 13.6. The van der Waals surface area contributed by atoms with Gasteiger partial charge in [-0.05, 0) is 65.6 Å². The molecule has 7 nitrogen and oxygen atoms in total. The predicted octanol–water partition coefficient (Wildman–Crippen LogP) is 4.76. The minimum atomic E-state index is -0.174. The van der Waals surface area contributed by atoms with Gasteiger partial charge in [0.25, 0.3) is 5.91 Å².